The van der Waals surface area contributed by atoms with E-state index in [1.165, 1.54) is 16.4 Å². The van der Waals surface area contributed by atoms with Crippen molar-refractivity contribution in [2.45, 2.75) is 18.4 Å². The molecule has 3 rings (SSSR count). The van der Waals surface area contributed by atoms with Gasteiger partial charge in [-0.3, -0.25) is 4.79 Å². The van der Waals surface area contributed by atoms with Gasteiger partial charge in [0.2, 0.25) is 5.09 Å². The number of benzene rings is 1. The molecule has 0 radical (unpaired) electrons. The minimum atomic E-state index is -3.75. The van der Waals surface area contributed by atoms with Crippen molar-refractivity contribution in [2.24, 2.45) is 0 Å². The molecular weight excluding hydrogens is 344 g/mol. The van der Waals surface area contributed by atoms with Crippen LogP contribution in [0.25, 0.3) is 0 Å². The molecular formula is C17H20N2O5S. The number of ether oxygens (including phenoxy) is 1. The van der Waals surface area contributed by atoms with Crippen molar-refractivity contribution >= 4 is 21.6 Å². The Morgan fingerprint density at radius 1 is 1.12 bits per heavy atom. The first-order chi connectivity index (χ1) is 12.0. The van der Waals surface area contributed by atoms with Crippen molar-refractivity contribution in [3.63, 3.8) is 0 Å². The Morgan fingerprint density at radius 3 is 2.44 bits per heavy atom. The van der Waals surface area contributed by atoms with E-state index in [1.54, 1.807) is 12.1 Å². The fourth-order valence-corrected chi connectivity index (χ4v) is 3.83. The predicted octanol–water partition coefficient (Wildman–Crippen LogP) is 2.12. The summed E-state index contributed by atoms with van der Waals surface area (Å²) in [5.41, 5.74) is 1.78. The van der Waals surface area contributed by atoms with Gasteiger partial charge in [0.15, 0.2) is 5.76 Å². The maximum Gasteiger partial charge on any atom is 0.291 e. The van der Waals surface area contributed by atoms with Gasteiger partial charge in [-0.15, -0.1) is 0 Å². The number of aryl methyl sites for hydroxylation is 1. The van der Waals surface area contributed by atoms with Crippen LogP contribution >= 0.6 is 0 Å². The molecule has 1 aromatic heterocycles. The zero-order valence-corrected chi connectivity index (χ0v) is 14.7. The third-order valence-electron chi connectivity index (χ3n) is 3.99. The standard InChI is InChI=1S/C17H20N2O5S/c1-2-13-3-5-14(6-4-13)18-17(20)15-7-8-16(24-15)25(21,22)19-9-11-23-12-10-19/h3-8H,2,9-12H2,1H3,(H,18,20). The summed E-state index contributed by atoms with van der Waals surface area (Å²) in [4.78, 5) is 12.3. The maximum atomic E-state index is 12.5. The van der Waals surface area contributed by atoms with Crippen LogP contribution in [0.3, 0.4) is 0 Å². The van der Waals surface area contributed by atoms with Gasteiger partial charge < -0.3 is 14.5 Å². The zero-order valence-electron chi connectivity index (χ0n) is 13.9. The molecule has 2 heterocycles. The normalized spacial score (nSPS) is 15.9. The van der Waals surface area contributed by atoms with E-state index in [-0.39, 0.29) is 23.9 Å². The number of furan rings is 1. The number of nitrogens with one attached hydrogen (secondary N) is 1. The van der Waals surface area contributed by atoms with Gasteiger partial charge in [0, 0.05) is 18.8 Å². The summed E-state index contributed by atoms with van der Waals surface area (Å²) in [6.07, 6.45) is 0.912. The van der Waals surface area contributed by atoms with Crippen molar-refractivity contribution in [1.82, 2.24) is 4.31 Å². The van der Waals surface area contributed by atoms with Crippen LogP contribution in [0.2, 0.25) is 0 Å². The van der Waals surface area contributed by atoms with E-state index in [1.807, 2.05) is 19.1 Å². The van der Waals surface area contributed by atoms with Crippen LogP contribution in [0, 0.1) is 0 Å². The van der Waals surface area contributed by atoms with Gasteiger partial charge in [0.25, 0.3) is 15.9 Å². The molecule has 0 bridgehead atoms. The molecule has 0 spiro atoms. The molecule has 25 heavy (non-hydrogen) atoms. The van der Waals surface area contributed by atoms with E-state index >= 15 is 0 Å². The Kier molecular flexibility index (Phi) is 5.22. The summed E-state index contributed by atoms with van der Waals surface area (Å²) in [5.74, 6) is -0.543. The SMILES string of the molecule is CCc1ccc(NC(=O)c2ccc(S(=O)(=O)N3CCOCC3)o2)cc1. The highest BCUT2D eigenvalue weighted by molar-refractivity contribution is 7.89. The van der Waals surface area contributed by atoms with Crippen molar-refractivity contribution in [3.05, 3.63) is 47.7 Å². The highest BCUT2D eigenvalue weighted by Gasteiger charge is 2.30. The summed E-state index contributed by atoms with van der Waals surface area (Å²) < 4.78 is 36.7. The molecule has 1 saturated heterocycles. The average molecular weight is 364 g/mol. The van der Waals surface area contributed by atoms with Crippen LogP contribution < -0.4 is 5.32 Å². The summed E-state index contributed by atoms with van der Waals surface area (Å²) in [5, 5.41) is 2.46. The first kappa shape index (κ1) is 17.7. The number of nitrogens with zero attached hydrogens (tertiary/aromatic N) is 1. The quantitative estimate of drug-likeness (QED) is 0.878. The molecule has 0 saturated carbocycles. The third-order valence-corrected chi connectivity index (χ3v) is 5.76. The van der Waals surface area contributed by atoms with Gasteiger partial charge in [-0.1, -0.05) is 19.1 Å². The number of carbonyl (C=O) groups is 1. The molecule has 8 heteroatoms. The number of rotatable bonds is 5. The molecule has 1 aliphatic heterocycles. The van der Waals surface area contributed by atoms with E-state index in [0.29, 0.717) is 18.9 Å². The van der Waals surface area contributed by atoms with Crippen LogP contribution in [0.15, 0.2) is 45.9 Å². The Hall–Kier alpha value is -2.16. The lowest BCUT2D eigenvalue weighted by Crippen LogP contribution is -2.40. The number of hydrogen-bond acceptors (Lipinski definition) is 5. The molecule has 2 aromatic rings. The lowest BCUT2D eigenvalue weighted by Gasteiger charge is -2.24. The topological polar surface area (TPSA) is 88.9 Å². The van der Waals surface area contributed by atoms with Gasteiger partial charge in [-0.2, -0.15) is 4.31 Å². The van der Waals surface area contributed by atoms with Crippen LogP contribution in [-0.4, -0.2) is 44.9 Å². The summed E-state index contributed by atoms with van der Waals surface area (Å²) >= 11 is 0. The van der Waals surface area contributed by atoms with E-state index in [9.17, 15) is 13.2 Å². The molecule has 0 unspecified atom stereocenters. The Bertz CT molecular complexity index is 836. The van der Waals surface area contributed by atoms with Gasteiger partial charge in [0.05, 0.1) is 13.2 Å². The van der Waals surface area contributed by atoms with Crippen LogP contribution in [0.4, 0.5) is 5.69 Å². The van der Waals surface area contributed by atoms with Gasteiger partial charge >= 0.3 is 0 Å². The number of anilines is 1. The monoisotopic (exact) mass is 364 g/mol. The highest BCUT2D eigenvalue weighted by atomic mass is 32.2. The molecule has 1 N–H and O–H groups in total. The smallest absolute Gasteiger partial charge is 0.291 e. The number of hydrogen-bond donors (Lipinski definition) is 1. The van der Waals surface area contributed by atoms with Gasteiger partial charge in [-0.25, -0.2) is 8.42 Å². The second-order valence-electron chi connectivity index (χ2n) is 5.64. The van der Waals surface area contributed by atoms with E-state index in [4.69, 9.17) is 9.15 Å². The van der Waals surface area contributed by atoms with Crippen molar-refractivity contribution < 1.29 is 22.4 Å². The Balaban J connectivity index is 1.72. The molecule has 7 nitrogen and oxygen atoms in total. The lowest BCUT2D eigenvalue weighted by atomic mass is 10.1. The largest absolute Gasteiger partial charge is 0.438 e. The maximum absolute atomic E-state index is 12.5. The third kappa shape index (κ3) is 3.92. The first-order valence-corrected chi connectivity index (χ1v) is 9.52. The van der Waals surface area contributed by atoms with Crippen molar-refractivity contribution in [3.8, 4) is 0 Å². The molecule has 1 aliphatic rings. The summed E-state index contributed by atoms with van der Waals surface area (Å²) in [6.45, 7) is 3.29. The second kappa shape index (κ2) is 7.38. The number of morpholine rings is 1. The molecule has 134 valence electrons. The summed E-state index contributed by atoms with van der Waals surface area (Å²) in [6, 6.07) is 10.1. The fourth-order valence-electron chi connectivity index (χ4n) is 2.51. The lowest BCUT2D eigenvalue weighted by molar-refractivity contribution is 0.0723. The average Bonchev–Trinajstić information content (AvgIpc) is 3.14. The number of carbonyl (C=O) groups excluding carboxylic acids is 1. The zero-order chi connectivity index (χ0) is 17.9. The Morgan fingerprint density at radius 2 is 1.80 bits per heavy atom. The van der Waals surface area contributed by atoms with Crippen LogP contribution in [-0.2, 0) is 21.2 Å². The minimum Gasteiger partial charge on any atom is -0.438 e. The number of sulfonamides is 1. The Labute approximate surface area is 146 Å². The molecule has 0 atom stereocenters. The first-order valence-electron chi connectivity index (χ1n) is 8.08. The van der Waals surface area contributed by atoms with Crippen molar-refractivity contribution in [2.75, 3.05) is 31.6 Å². The minimum absolute atomic E-state index is 0.0496. The predicted molar refractivity (Wildman–Crippen MR) is 92.1 cm³/mol. The molecule has 0 aliphatic carbocycles. The van der Waals surface area contributed by atoms with Crippen LogP contribution in [0.1, 0.15) is 23.0 Å². The van der Waals surface area contributed by atoms with E-state index < -0.39 is 15.9 Å². The van der Waals surface area contributed by atoms with Gasteiger partial charge in [-0.05, 0) is 36.2 Å². The molecule has 1 amide bonds. The highest BCUT2D eigenvalue weighted by Crippen LogP contribution is 2.21. The van der Waals surface area contributed by atoms with E-state index in [2.05, 4.69) is 5.32 Å². The summed E-state index contributed by atoms with van der Waals surface area (Å²) in [7, 11) is -3.75. The molecule has 1 fully saturated rings. The van der Waals surface area contributed by atoms with Crippen LogP contribution in [0.5, 0.6) is 0 Å². The van der Waals surface area contributed by atoms with E-state index in [0.717, 1.165) is 12.0 Å². The fraction of sp³-hybridized carbons (Fsp3) is 0.353. The second-order valence-corrected chi connectivity index (χ2v) is 7.51. The van der Waals surface area contributed by atoms with Crippen molar-refractivity contribution in [1.29, 1.82) is 0 Å². The molecule has 1 aromatic carbocycles. The van der Waals surface area contributed by atoms with Gasteiger partial charge in [0.1, 0.15) is 0 Å². The number of amides is 1.